The smallest absolute Gasteiger partial charge is 0.193 e. The van der Waals surface area contributed by atoms with Crippen molar-refractivity contribution in [2.75, 3.05) is 5.73 Å². The quantitative estimate of drug-likeness (QED) is 0.568. The second-order valence-electron chi connectivity index (χ2n) is 4.45. The number of hydrogen-bond donors (Lipinski definition) is 1. The molecule has 4 rings (SSSR count). The summed E-state index contributed by atoms with van der Waals surface area (Å²) in [5.41, 5.74) is 8.62. The van der Waals surface area contributed by atoms with Crippen LogP contribution in [0.1, 0.15) is 5.69 Å². The van der Waals surface area contributed by atoms with Crippen molar-refractivity contribution in [3.63, 3.8) is 0 Å². The number of thiazole rings is 1. The third-order valence-electron chi connectivity index (χ3n) is 3.12. The van der Waals surface area contributed by atoms with Crippen molar-refractivity contribution < 1.29 is 0 Å². The zero-order valence-electron chi connectivity index (χ0n) is 10.0. The summed E-state index contributed by atoms with van der Waals surface area (Å²) in [7, 11) is 0. The van der Waals surface area contributed by atoms with E-state index < -0.39 is 0 Å². The number of rotatable bonds is 2. The van der Waals surface area contributed by atoms with Crippen molar-refractivity contribution in [1.29, 1.82) is 0 Å². The van der Waals surface area contributed by atoms with Crippen LogP contribution in [0.3, 0.4) is 0 Å². The lowest BCUT2D eigenvalue weighted by atomic mass is 10.2. The molecule has 0 aliphatic rings. The Morgan fingerprint density at radius 1 is 1.32 bits per heavy atom. The van der Waals surface area contributed by atoms with E-state index in [0.29, 0.717) is 6.54 Å². The highest BCUT2D eigenvalue weighted by atomic mass is 32.1. The molecule has 0 unspecified atom stereocenters. The lowest BCUT2D eigenvalue weighted by molar-refractivity contribution is 0.700. The summed E-state index contributed by atoms with van der Waals surface area (Å²) in [6.07, 6.45) is 5.90. The maximum atomic E-state index is 5.83. The Hall–Kier alpha value is -2.34. The molecule has 5 nitrogen and oxygen atoms in total. The average molecular weight is 269 g/mol. The van der Waals surface area contributed by atoms with Crippen LogP contribution >= 0.6 is 11.3 Å². The first-order chi connectivity index (χ1) is 9.29. The van der Waals surface area contributed by atoms with Gasteiger partial charge in [-0.2, -0.15) is 5.10 Å². The third-order valence-corrected chi connectivity index (χ3v) is 3.89. The van der Waals surface area contributed by atoms with Crippen molar-refractivity contribution in [1.82, 2.24) is 19.2 Å². The van der Waals surface area contributed by atoms with Crippen LogP contribution in [-0.2, 0) is 6.54 Å². The zero-order valence-corrected chi connectivity index (χ0v) is 10.8. The molecule has 1 aromatic carbocycles. The van der Waals surface area contributed by atoms with E-state index in [-0.39, 0.29) is 0 Å². The van der Waals surface area contributed by atoms with Crippen LogP contribution in [0.2, 0.25) is 0 Å². The van der Waals surface area contributed by atoms with E-state index in [9.17, 15) is 0 Å². The molecule has 94 valence electrons. The van der Waals surface area contributed by atoms with Crippen molar-refractivity contribution >= 4 is 32.9 Å². The third kappa shape index (κ3) is 1.68. The van der Waals surface area contributed by atoms with E-state index in [4.69, 9.17) is 5.73 Å². The molecular weight excluding hydrogens is 258 g/mol. The fraction of sp³-hybridized carbons (Fsp3) is 0.0769. The zero-order chi connectivity index (χ0) is 12.8. The second-order valence-corrected chi connectivity index (χ2v) is 5.32. The van der Waals surface area contributed by atoms with E-state index >= 15 is 0 Å². The van der Waals surface area contributed by atoms with Crippen LogP contribution in [0, 0.1) is 0 Å². The summed E-state index contributed by atoms with van der Waals surface area (Å²) in [4.78, 5) is 5.57. The highest BCUT2D eigenvalue weighted by Gasteiger charge is 2.07. The molecular formula is C13H11N5S. The minimum Gasteiger partial charge on any atom is -0.399 e. The normalized spacial score (nSPS) is 11.6. The van der Waals surface area contributed by atoms with E-state index in [1.807, 2.05) is 51.3 Å². The first-order valence-corrected chi connectivity index (χ1v) is 6.80. The van der Waals surface area contributed by atoms with Crippen LogP contribution in [0.15, 0.2) is 42.2 Å². The largest absolute Gasteiger partial charge is 0.399 e. The molecule has 0 aliphatic carbocycles. The molecule has 0 radical (unpaired) electrons. The Morgan fingerprint density at radius 3 is 3.16 bits per heavy atom. The summed E-state index contributed by atoms with van der Waals surface area (Å²) in [6, 6.07) is 5.82. The van der Waals surface area contributed by atoms with E-state index in [1.165, 1.54) is 0 Å². The van der Waals surface area contributed by atoms with Gasteiger partial charge in [-0.3, -0.25) is 9.08 Å². The molecule has 6 heteroatoms. The molecule has 3 heterocycles. The van der Waals surface area contributed by atoms with Gasteiger partial charge in [0, 0.05) is 28.8 Å². The number of benzene rings is 1. The summed E-state index contributed by atoms with van der Waals surface area (Å²) in [5.74, 6) is 0. The van der Waals surface area contributed by atoms with Gasteiger partial charge in [-0.05, 0) is 18.2 Å². The standard InChI is InChI=1S/C13H11N5S/c14-10-2-1-9-6-15-18(12(9)5-10)8-11-7-17-3-4-19-13(17)16-11/h1-7H,8,14H2. The maximum absolute atomic E-state index is 5.83. The van der Waals surface area contributed by atoms with Crippen molar-refractivity contribution in [3.05, 3.63) is 47.9 Å². The number of hydrogen-bond acceptors (Lipinski definition) is 4. The average Bonchev–Trinajstić information content (AvgIpc) is 3.04. The number of nitrogens with zero attached hydrogens (tertiary/aromatic N) is 4. The summed E-state index contributed by atoms with van der Waals surface area (Å²) < 4.78 is 3.96. The molecule has 3 aromatic heterocycles. The Kier molecular flexibility index (Phi) is 2.13. The van der Waals surface area contributed by atoms with Gasteiger partial charge >= 0.3 is 0 Å². The minimum absolute atomic E-state index is 0.654. The molecule has 0 amide bonds. The van der Waals surface area contributed by atoms with E-state index in [2.05, 4.69) is 10.1 Å². The second kappa shape index (κ2) is 3.83. The van der Waals surface area contributed by atoms with Gasteiger partial charge in [-0.15, -0.1) is 11.3 Å². The number of nitrogens with two attached hydrogens (primary N) is 1. The first kappa shape index (κ1) is 10.6. The summed E-state index contributed by atoms with van der Waals surface area (Å²) in [6.45, 7) is 0.654. The Labute approximate surface area is 112 Å². The van der Waals surface area contributed by atoms with Gasteiger partial charge in [0.25, 0.3) is 0 Å². The number of imidazole rings is 1. The van der Waals surface area contributed by atoms with Gasteiger partial charge < -0.3 is 5.73 Å². The van der Waals surface area contributed by atoms with Crippen molar-refractivity contribution in [2.24, 2.45) is 0 Å². The molecule has 0 fully saturated rings. The molecule has 0 saturated carbocycles. The minimum atomic E-state index is 0.654. The molecule has 19 heavy (non-hydrogen) atoms. The van der Waals surface area contributed by atoms with Gasteiger partial charge in [0.15, 0.2) is 4.96 Å². The fourth-order valence-electron chi connectivity index (χ4n) is 2.22. The maximum Gasteiger partial charge on any atom is 0.193 e. The van der Waals surface area contributed by atoms with Gasteiger partial charge in [0.05, 0.1) is 24.0 Å². The summed E-state index contributed by atoms with van der Waals surface area (Å²) >= 11 is 1.63. The predicted molar refractivity (Wildman–Crippen MR) is 76.3 cm³/mol. The highest BCUT2D eigenvalue weighted by molar-refractivity contribution is 7.15. The molecule has 0 saturated heterocycles. The topological polar surface area (TPSA) is 61.1 Å². The molecule has 0 atom stereocenters. The predicted octanol–water partition coefficient (Wildman–Crippen LogP) is 2.38. The lowest BCUT2D eigenvalue weighted by Gasteiger charge is -2.01. The monoisotopic (exact) mass is 269 g/mol. The Balaban J connectivity index is 1.78. The number of aromatic nitrogens is 4. The van der Waals surface area contributed by atoms with Gasteiger partial charge in [-0.25, -0.2) is 4.98 Å². The number of anilines is 1. The van der Waals surface area contributed by atoms with Gasteiger partial charge in [0.2, 0.25) is 0 Å². The molecule has 0 spiro atoms. The van der Waals surface area contributed by atoms with Gasteiger partial charge in [0.1, 0.15) is 0 Å². The molecule has 0 bridgehead atoms. The van der Waals surface area contributed by atoms with Gasteiger partial charge in [-0.1, -0.05) is 0 Å². The highest BCUT2D eigenvalue weighted by Crippen LogP contribution is 2.18. The van der Waals surface area contributed by atoms with Crippen LogP contribution in [0.5, 0.6) is 0 Å². The lowest BCUT2D eigenvalue weighted by Crippen LogP contribution is -2.01. The fourth-order valence-corrected chi connectivity index (χ4v) is 2.94. The number of nitrogen functional groups attached to an aromatic ring is 1. The van der Waals surface area contributed by atoms with Crippen LogP contribution in [-0.4, -0.2) is 19.2 Å². The van der Waals surface area contributed by atoms with Crippen molar-refractivity contribution in [3.8, 4) is 0 Å². The SMILES string of the molecule is Nc1ccc2cnn(Cc3cn4ccsc4n3)c2c1. The van der Waals surface area contributed by atoms with Crippen LogP contribution < -0.4 is 5.73 Å². The number of fused-ring (bicyclic) bond motifs is 2. The molecule has 0 aliphatic heterocycles. The molecule has 4 aromatic rings. The first-order valence-electron chi connectivity index (χ1n) is 5.92. The Bertz CT molecular complexity index is 841. The van der Waals surface area contributed by atoms with Crippen LogP contribution in [0.25, 0.3) is 15.9 Å². The van der Waals surface area contributed by atoms with Crippen LogP contribution in [0.4, 0.5) is 5.69 Å². The summed E-state index contributed by atoms with van der Waals surface area (Å²) in [5, 5.41) is 7.52. The van der Waals surface area contributed by atoms with Crippen molar-refractivity contribution in [2.45, 2.75) is 6.54 Å². The van der Waals surface area contributed by atoms with E-state index in [0.717, 1.165) is 27.2 Å². The Morgan fingerprint density at radius 2 is 2.26 bits per heavy atom. The molecule has 2 N–H and O–H groups in total. The van der Waals surface area contributed by atoms with E-state index in [1.54, 1.807) is 11.3 Å².